The molecule has 178 valence electrons. The molecule has 0 heterocycles. The molecule has 6 nitrogen and oxygen atoms in total. The Kier molecular flexibility index (Phi) is 11.5. The van der Waals surface area contributed by atoms with Crippen LogP contribution in [0, 0.1) is 23.3 Å². The summed E-state index contributed by atoms with van der Waals surface area (Å²) >= 11 is 0. The summed E-state index contributed by atoms with van der Waals surface area (Å²) in [4.78, 5) is 12.3. The number of benzene rings is 1. The molecule has 0 bridgehead atoms. The lowest BCUT2D eigenvalue weighted by molar-refractivity contribution is 0.0938. The largest absolute Gasteiger partial charge is 0.501 e. The van der Waals surface area contributed by atoms with Gasteiger partial charge in [0.25, 0.3) is 5.91 Å². The molecule has 0 saturated heterocycles. The van der Waals surface area contributed by atoms with Crippen molar-refractivity contribution in [3.8, 4) is 0 Å². The minimum atomic E-state index is -3.04. The van der Waals surface area contributed by atoms with Crippen molar-refractivity contribution in [2.24, 2.45) is 0 Å². The summed E-state index contributed by atoms with van der Waals surface area (Å²) in [6.45, 7) is 3.73. The summed E-state index contributed by atoms with van der Waals surface area (Å²) in [7, 11) is 1.05. The molecule has 0 aromatic heterocycles. The normalized spacial score (nSPS) is 12.7. The van der Waals surface area contributed by atoms with Gasteiger partial charge in [0, 0.05) is 40.0 Å². The van der Waals surface area contributed by atoms with E-state index in [1.54, 1.807) is 0 Å². The van der Waals surface area contributed by atoms with E-state index in [0.717, 1.165) is 19.3 Å². The zero-order chi connectivity index (χ0) is 23.6. The predicted molar refractivity (Wildman–Crippen MR) is 112 cm³/mol. The van der Waals surface area contributed by atoms with Gasteiger partial charge >= 0.3 is 8.80 Å². The standard InChI is InChI=1S/C20H32F4N2O4Si/c1-6-8-10-13(9-7-2)26-19-17(23)15(21)14(16(22)18(19)24)20(27)25-11-12-31(28-3,29-4)30-5/h13,26H,6-12H2,1-5H3,(H,25,27). The van der Waals surface area contributed by atoms with Crippen LogP contribution >= 0.6 is 0 Å². The Morgan fingerprint density at radius 1 is 0.903 bits per heavy atom. The van der Waals surface area contributed by atoms with Crippen LogP contribution in [-0.4, -0.2) is 48.6 Å². The van der Waals surface area contributed by atoms with Crippen molar-refractivity contribution in [2.45, 2.75) is 58.0 Å². The average Bonchev–Trinajstić information content (AvgIpc) is 2.77. The fourth-order valence-corrected chi connectivity index (χ4v) is 4.77. The number of unbranched alkanes of at least 4 members (excludes halogenated alkanes) is 1. The van der Waals surface area contributed by atoms with Crippen LogP contribution in [-0.2, 0) is 13.3 Å². The number of amides is 1. The summed E-state index contributed by atoms with van der Waals surface area (Å²) < 4.78 is 73.8. The van der Waals surface area contributed by atoms with Crippen molar-refractivity contribution in [2.75, 3.05) is 33.2 Å². The summed E-state index contributed by atoms with van der Waals surface area (Å²) in [5, 5.41) is 4.80. The molecule has 0 fully saturated rings. The zero-order valence-corrected chi connectivity index (χ0v) is 19.7. The Morgan fingerprint density at radius 3 is 1.90 bits per heavy atom. The maximum Gasteiger partial charge on any atom is 0.501 e. The molecular weight excluding hydrogens is 436 g/mol. The summed E-state index contributed by atoms with van der Waals surface area (Å²) in [6.07, 6.45) is 3.56. The molecule has 2 N–H and O–H groups in total. The highest BCUT2D eigenvalue weighted by molar-refractivity contribution is 6.60. The molecule has 0 saturated carbocycles. The highest BCUT2D eigenvalue weighted by Gasteiger charge is 2.38. The molecule has 1 atom stereocenters. The van der Waals surface area contributed by atoms with E-state index in [1.807, 2.05) is 13.8 Å². The van der Waals surface area contributed by atoms with E-state index in [1.165, 1.54) is 21.3 Å². The molecule has 1 aromatic carbocycles. The first-order valence-corrected chi connectivity index (χ1v) is 12.2. The second kappa shape index (κ2) is 13.0. The van der Waals surface area contributed by atoms with Crippen LogP contribution in [0.4, 0.5) is 23.2 Å². The topological polar surface area (TPSA) is 68.8 Å². The first-order valence-electron chi connectivity index (χ1n) is 10.3. The van der Waals surface area contributed by atoms with Crippen LogP contribution in [0.25, 0.3) is 0 Å². The van der Waals surface area contributed by atoms with Gasteiger partial charge < -0.3 is 23.9 Å². The van der Waals surface area contributed by atoms with Gasteiger partial charge in [0.15, 0.2) is 23.3 Å². The number of halogens is 4. The van der Waals surface area contributed by atoms with Crippen LogP contribution in [0.5, 0.6) is 0 Å². The smallest absolute Gasteiger partial charge is 0.377 e. The predicted octanol–water partition coefficient (Wildman–Crippen LogP) is 4.62. The Morgan fingerprint density at radius 2 is 1.45 bits per heavy atom. The first-order chi connectivity index (χ1) is 14.7. The summed E-state index contributed by atoms with van der Waals surface area (Å²) in [6, 6.07) is -0.255. The molecule has 0 aliphatic rings. The second-order valence-corrected chi connectivity index (χ2v) is 10.2. The average molecular weight is 469 g/mol. The van der Waals surface area contributed by atoms with Crippen molar-refractivity contribution in [1.82, 2.24) is 5.32 Å². The van der Waals surface area contributed by atoms with Crippen molar-refractivity contribution in [3.63, 3.8) is 0 Å². The number of carbonyl (C=O) groups excluding carboxylic acids is 1. The van der Waals surface area contributed by atoms with Crippen LogP contribution in [0.3, 0.4) is 0 Å². The van der Waals surface area contributed by atoms with Gasteiger partial charge in [-0.2, -0.15) is 0 Å². The van der Waals surface area contributed by atoms with Crippen LogP contribution in [0.15, 0.2) is 0 Å². The van der Waals surface area contributed by atoms with E-state index in [2.05, 4.69) is 10.6 Å². The quantitative estimate of drug-likeness (QED) is 0.237. The Balaban J connectivity index is 3.08. The number of rotatable bonds is 14. The number of anilines is 1. The van der Waals surface area contributed by atoms with Gasteiger partial charge in [-0.15, -0.1) is 0 Å². The molecule has 1 amide bonds. The Bertz CT molecular complexity index is 698. The van der Waals surface area contributed by atoms with Gasteiger partial charge in [-0.25, -0.2) is 17.6 Å². The van der Waals surface area contributed by atoms with Crippen molar-refractivity contribution in [3.05, 3.63) is 28.8 Å². The van der Waals surface area contributed by atoms with Gasteiger partial charge in [0.1, 0.15) is 11.3 Å². The first kappa shape index (κ1) is 27.3. The lowest BCUT2D eigenvalue weighted by Crippen LogP contribution is -2.45. The zero-order valence-electron chi connectivity index (χ0n) is 18.7. The minimum Gasteiger partial charge on any atom is -0.377 e. The van der Waals surface area contributed by atoms with Crippen LogP contribution in [0.2, 0.25) is 6.04 Å². The number of nitrogens with one attached hydrogen (secondary N) is 2. The fourth-order valence-electron chi connectivity index (χ4n) is 3.22. The molecule has 0 radical (unpaired) electrons. The maximum absolute atomic E-state index is 14.6. The van der Waals surface area contributed by atoms with Crippen molar-refractivity contribution < 1.29 is 35.6 Å². The van der Waals surface area contributed by atoms with E-state index < -0.39 is 49.2 Å². The van der Waals surface area contributed by atoms with E-state index in [-0.39, 0.29) is 18.6 Å². The molecule has 1 rings (SSSR count). The fraction of sp³-hybridized carbons (Fsp3) is 0.650. The third kappa shape index (κ3) is 6.89. The second-order valence-electron chi connectivity index (χ2n) is 7.08. The lowest BCUT2D eigenvalue weighted by Gasteiger charge is -2.24. The number of hydrogen-bond acceptors (Lipinski definition) is 5. The molecule has 0 aliphatic carbocycles. The third-order valence-electron chi connectivity index (χ3n) is 5.03. The highest BCUT2D eigenvalue weighted by atomic mass is 28.4. The monoisotopic (exact) mass is 468 g/mol. The maximum atomic E-state index is 14.6. The highest BCUT2D eigenvalue weighted by Crippen LogP contribution is 2.30. The molecule has 31 heavy (non-hydrogen) atoms. The molecule has 1 unspecified atom stereocenters. The number of hydrogen-bond donors (Lipinski definition) is 2. The van der Waals surface area contributed by atoms with Gasteiger partial charge in [-0.1, -0.05) is 33.1 Å². The SMILES string of the molecule is CCCCC(CCC)Nc1c(F)c(F)c(C(=O)NCC[Si](OC)(OC)OC)c(F)c1F. The van der Waals surface area contributed by atoms with Crippen molar-refractivity contribution >= 4 is 20.4 Å². The number of carbonyl (C=O) groups is 1. The molecule has 11 heteroatoms. The van der Waals surface area contributed by atoms with Gasteiger partial charge in [0.2, 0.25) is 0 Å². The van der Waals surface area contributed by atoms with Gasteiger partial charge in [-0.3, -0.25) is 4.79 Å². The Hall–Kier alpha value is -1.69. The van der Waals surface area contributed by atoms with Gasteiger partial charge in [0.05, 0.1) is 0 Å². The third-order valence-corrected chi connectivity index (χ3v) is 7.76. The molecular formula is C20H32F4N2O4Si. The van der Waals surface area contributed by atoms with E-state index in [0.29, 0.717) is 12.8 Å². The van der Waals surface area contributed by atoms with Crippen LogP contribution < -0.4 is 10.6 Å². The van der Waals surface area contributed by atoms with Gasteiger partial charge in [-0.05, 0) is 12.8 Å². The molecule has 0 spiro atoms. The summed E-state index contributed by atoms with van der Waals surface area (Å²) in [5.41, 5.74) is -2.22. The van der Waals surface area contributed by atoms with Crippen LogP contribution in [0.1, 0.15) is 56.3 Å². The Labute approximate surface area is 182 Å². The molecule has 1 aromatic rings. The van der Waals surface area contributed by atoms with E-state index >= 15 is 0 Å². The molecule has 0 aliphatic heterocycles. The summed E-state index contributed by atoms with van der Waals surface area (Å²) in [5.74, 6) is -8.05. The lowest BCUT2D eigenvalue weighted by atomic mass is 10.0. The van der Waals surface area contributed by atoms with Crippen molar-refractivity contribution in [1.29, 1.82) is 0 Å². The minimum absolute atomic E-state index is 0.0895. The van der Waals surface area contributed by atoms with E-state index in [4.69, 9.17) is 13.3 Å². The van der Waals surface area contributed by atoms with E-state index in [9.17, 15) is 22.4 Å².